The lowest BCUT2D eigenvalue weighted by atomic mass is 10.2. The van der Waals surface area contributed by atoms with Gasteiger partial charge in [-0.1, -0.05) is 18.2 Å². The molecule has 0 spiro atoms. The first kappa shape index (κ1) is 13.4. The summed E-state index contributed by atoms with van der Waals surface area (Å²) < 4.78 is 4.91. The average molecular weight is 250 g/mol. The highest BCUT2D eigenvalue weighted by Crippen LogP contribution is 2.08. The molecule has 0 aliphatic heterocycles. The summed E-state index contributed by atoms with van der Waals surface area (Å²) in [6.45, 7) is 0. The van der Waals surface area contributed by atoms with Crippen molar-refractivity contribution in [2.45, 2.75) is 6.42 Å². The molecule has 6 nitrogen and oxygen atoms in total. The Morgan fingerprint density at radius 1 is 1.00 bits per heavy atom. The molecule has 94 valence electrons. The summed E-state index contributed by atoms with van der Waals surface area (Å²) in [4.78, 5) is 29.6. The normalized spacial score (nSPS) is 9.33. The van der Waals surface area contributed by atoms with E-state index in [1.165, 1.54) is 6.07 Å². The number of carboxylic acid groups (broad SMARTS) is 2. The van der Waals surface area contributed by atoms with Gasteiger partial charge in [-0.05, 0) is 12.1 Å². The smallest absolute Gasteiger partial charge is 0.336 e. The van der Waals surface area contributed by atoms with E-state index in [9.17, 15) is 14.4 Å². The van der Waals surface area contributed by atoms with Crippen LogP contribution in [-0.2, 0) is 9.59 Å². The Labute approximate surface area is 101 Å². The van der Waals surface area contributed by atoms with E-state index in [0.29, 0.717) is 5.58 Å². The number of rotatable bonds is 2. The molecule has 1 aromatic heterocycles. The number of carboxylic acids is 2. The summed E-state index contributed by atoms with van der Waals surface area (Å²) in [7, 11) is 0. The van der Waals surface area contributed by atoms with E-state index in [2.05, 4.69) is 0 Å². The minimum atomic E-state index is -1.31. The van der Waals surface area contributed by atoms with Crippen LogP contribution in [0.15, 0.2) is 45.6 Å². The van der Waals surface area contributed by atoms with Crippen LogP contribution in [0.4, 0.5) is 0 Å². The zero-order chi connectivity index (χ0) is 13.5. The fourth-order valence-corrected chi connectivity index (χ4v) is 1.14. The maximum absolute atomic E-state index is 10.7. The second-order valence-corrected chi connectivity index (χ2v) is 3.26. The quantitative estimate of drug-likeness (QED) is 0.615. The molecule has 0 aliphatic rings. The molecule has 0 saturated heterocycles. The average Bonchev–Trinajstić information content (AvgIpc) is 2.27. The van der Waals surface area contributed by atoms with Crippen molar-refractivity contribution in [1.82, 2.24) is 0 Å². The van der Waals surface area contributed by atoms with Gasteiger partial charge < -0.3 is 14.6 Å². The van der Waals surface area contributed by atoms with Crippen molar-refractivity contribution in [1.29, 1.82) is 0 Å². The Kier molecular flexibility index (Phi) is 4.62. The molecule has 0 saturated carbocycles. The molecule has 0 aliphatic carbocycles. The molecule has 0 fully saturated rings. The summed E-state index contributed by atoms with van der Waals surface area (Å²) in [6, 6.07) is 10.6. The highest BCUT2D eigenvalue weighted by Gasteiger charge is 2.01. The molecular weight excluding hydrogens is 240 g/mol. The first-order valence-corrected chi connectivity index (χ1v) is 4.91. The Morgan fingerprint density at radius 3 is 2.17 bits per heavy atom. The van der Waals surface area contributed by atoms with Crippen molar-refractivity contribution in [2.75, 3.05) is 0 Å². The molecule has 1 heterocycles. The van der Waals surface area contributed by atoms with Crippen LogP contribution in [0.3, 0.4) is 0 Å². The lowest BCUT2D eigenvalue weighted by molar-refractivity contribution is -0.147. The van der Waals surface area contributed by atoms with Gasteiger partial charge in [-0.15, -0.1) is 0 Å². The number of benzene rings is 1. The Bertz CT molecular complexity index is 601. The number of carbonyl (C=O) groups is 2. The van der Waals surface area contributed by atoms with E-state index in [4.69, 9.17) is 14.6 Å². The highest BCUT2D eigenvalue weighted by atomic mass is 16.4. The minimum Gasteiger partial charge on any atom is -0.481 e. The third-order valence-electron chi connectivity index (χ3n) is 1.83. The van der Waals surface area contributed by atoms with Crippen molar-refractivity contribution in [3.63, 3.8) is 0 Å². The van der Waals surface area contributed by atoms with E-state index < -0.39 is 18.4 Å². The first-order valence-electron chi connectivity index (χ1n) is 4.91. The van der Waals surface area contributed by atoms with E-state index in [0.717, 1.165) is 5.39 Å². The van der Waals surface area contributed by atoms with Crippen LogP contribution >= 0.6 is 0 Å². The minimum absolute atomic E-state index is 0.302. The van der Waals surface area contributed by atoms with Crippen LogP contribution in [0.1, 0.15) is 6.42 Å². The van der Waals surface area contributed by atoms with Crippen LogP contribution < -0.4 is 5.63 Å². The second kappa shape index (κ2) is 6.19. The van der Waals surface area contributed by atoms with E-state index in [1.54, 1.807) is 12.1 Å². The van der Waals surface area contributed by atoms with Crippen molar-refractivity contribution < 1.29 is 24.2 Å². The predicted molar refractivity (Wildman–Crippen MR) is 62.4 cm³/mol. The lowest BCUT2D eigenvalue weighted by Gasteiger charge is -1.91. The zero-order valence-electron chi connectivity index (χ0n) is 9.20. The fraction of sp³-hybridized carbons (Fsp3) is 0.0833. The number of hydrogen-bond acceptors (Lipinski definition) is 4. The molecule has 18 heavy (non-hydrogen) atoms. The molecule has 2 N–H and O–H groups in total. The molecular formula is C12H10O6. The molecule has 0 bridgehead atoms. The highest BCUT2D eigenvalue weighted by molar-refractivity contribution is 5.88. The van der Waals surface area contributed by atoms with E-state index in [1.807, 2.05) is 18.2 Å². The van der Waals surface area contributed by atoms with Gasteiger partial charge >= 0.3 is 17.6 Å². The molecule has 0 amide bonds. The number of para-hydroxylation sites is 1. The second-order valence-electron chi connectivity index (χ2n) is 3.26. The molecule has 6 heteroatoms. The molecule has 2 rings (SSSR count). The summed E-state index contributed by atoms with van der Waals surface area (Å²) >= 11 is 0. The van der Waals surface area contributed by atoms with Gasteiger partial charge in [0.1, 0.15) is 12.0 Å². The van der Waals surface area contributed by atoms with E-state index in [-0.39, 0.29) is 5.63 Å². The van der Waals surface area contributed by atoms with Gasteiger partial charge in [-0.2, -0.15) is 0 Å². The van der Waals surface area contributed by atoms with Gasteiger partial charge in [0.15, 0.2) is 0 Å². The standard InChI is InChI=1S/C9H6O2.C3H4O4/c10-9-6-5-7-3-1-2-4-8(7)11-9;4-2(5)1-3(6)7/h1-6H;1H2,(H,4,5)(H,6,7). The van der Waals surface area contributed by atoms with Gasteiger partial charge in [0, 0.05) is 11.5 Å². The monoisotopic (exact) mass is 250 g/mol. The van der Waals surface area contributed by atoms with Crippen molar-refractivity contribution in [3.05, 3.63) is 46.8 Å². The van der Waals surface area contributed by atoms with Gasteiger partial charge in [-0.3, -0.25) is 9.59 Å². The van der Waals surface area contributed by atoms with E-state index >= 15 is 0 Å². The molecule has 0 unspecified atom stereocenters. The zero-order valence-corrected chi connectivity index (χ0v) is 9.20. The maximum Gasteiger partial charge on any atom is 0.336 e. The van der Waals surface area contributed by atoms with Crippen LogP contribution in [0.2, 0.25) is 0 Å². The molecule has 2 aromatic rings. The number of fused-ring (bicyclic) bond motifs is 1. The van der Waals surface area contributed by atoms with Crippen LogP contribution in [0.25, 0.3) is 11.0 Å². The summed E-state index contributed by atoms with van der Waals surface area (Å²) in [5, 5.41) is 16.4. The predicted octanol–water partition coefficient (Wildman–Crippen LogP) is 1.34. The summed E-state index contributed by atoms with van der Waals surface area (Å²) in [5.41, 5.74) is 0.337. The summed E-state index contributed by atoms with van der Waals surface area (Å²) in [5.74, 6) is -2.62. The van der Waals surface area contributed by atoms with Crippen LogP contribution in [-0.4, -0.2) is 22.2 Å². The maximum atomic E-state index is 10.7. The first-order chi connectivity index (χ1) is 8.49. The van der Waals surface area contributed by atoms with Crippen molar-refractivity contribution >= 4 is 22.9 Å². The van der Waals surface area contributed by atoms with Gasteiger partial charge in [-0.25, -0.2) is 4.79 Å². The molecule has 0 atom stereocenters. The fourth-order valence-electron chi connectivity index (χ4n) is 1.14. The van der Waals surface area contributed by atoms with Gasteiger partial charge in [0.2, 0.25) is 0 Å². The number of aliphatic carboxylic acids is 2. The topological polar surface area (TPSA) is 105 Å². The van der Waals surface area contributed by atoms with Crippen LogP contribution in [0, 0.1) is 0 Å². The van der Waals surface area contributed by atoms with Gasteiger partial charge in [0.25, 0.3) is 0 Å². The lowest BCUT2D eigenvalue weighted by Crippen LogP contribution is -2.03. The SMILES string of the molecule is O=C(O)CC(=O)O.O=c1ccc2ccccc2o1. The largest absolute Gasteiger partial charge is 0.481 e. The van der Waals surface area contributed by atoms with Gasteiger partial charge in [0.05, 0.1) is 0 Å². The Hall–Kier alpha value is -2.63. The number of hydrogen-bond donors (Lipinski definition) is 2. The van der Waals surface area contributed by atoms with Crippen molar-refractivity contribution in [2.24, 2.45) is 0 Å². The molecule has 0 radical (unpaired) electrons. The Morgan fingerprint density at radius 2 is 1.61 bits per heavy atom. The van der Waals surface area contributed by atoms with Crippen LogP contribution in [0.5, 0.6) is 0 Å². The summed E-state index contributed by atoms with van der Waals surface area (Å²) in [6.07, 6.45) is -0.806. The molecule has 1 aromatic carbocycles. The third-order valence-corrected chi connectivity index (χ3v) is 1.83. The third kappa shape index (κ3) is 4.48. The van der Waals surface area contributed by atoms with Crippen molar-refractivity contribution in [3.8, 4) is 0 Å². The Balaban J connectivity index is 0.000000203.